The number of carbonyl (C=O) groups is 2. The van der Waals surface area contributed by atoms with Gasteiger partial charge in [-0.05, 0) is 73.6 Å². The molecule has 2 aromatic rings. The predicted octanol–water partition coefficient (Wildman–Crippen LogP) is 6.46. The highest BCUT2D eigenvalue weighted by Gasteiger charge is 2.62. The second kappa shape index (κ2) is 12.8. The molecule has 1 atom stereocenters. The van der Waals surface area contributed by atoms with Crippen molar-refractivity contribution in [2.45, 2.75) is 63.6 Å². The number of hydrogen-bond acceptors (Lipinski definition) is 4. The average molecular weight is 608 g/mol. The largest absolute Gasteiger partial charge is 0.430 e. The van der Waals surface area contributed by atoms with E-state index in [1.165, 1.54) is 28.0 Å². The number of anilines is 1. The van der Waals surface area contributed by atoms with Crippen LogP contribution in [-0.2, 0) is 10.4 Å². The van der Waals surface area contributed by atoms with E-state index in [4.69, 9.17) is 11.6 Å². The van der Waals surface area contributed by atoms with E-state index >= 15 is 0 Å². The molecule has 42 heavy (non-hydrogen) atoms. The zero-order valence-corrected chi connectivity index (χ0v) is 25.5. The quantitative estimate of drug-likeness (QED) is 0.392. The zero-order chi connectivity index (χ0) is 30.8. The Morgan fingerprint density at radius 3 is 2.10 bits per heavy atom. The Morgan fingerprint density at radius 1 is 0.976 bits per heavy atom. The Balaban J connectivity index is 1.32. The lowest BCUT2D eigenvalue weighted by molar-refractivity contribution is -0.262. The number of amides is 2. The predicted molar refractivity (Wildman–Crippen MR) is 159 cm³/mol. The number of nitrogens with zero attached hydrogens (tertiary/aromatic N) is 3. The molecule has 0 aromatic heterocycles. The molecule has 10 heteroatoms. The molecular weight excluding hydrogens is 567 g/mol. The molecule has 2 fully saturated rings. The molecule has 230 valence electrons. The minimum absolute atomic E-state index is 0.0442. The molecule has 1 unspecified atom stereocenters. The number of aliphatic hydroxyl groups is 1. The molecule has 2 heterocycles. The molecule has 2 aliphatic rings. The molecular formula is C32H41ClF3N3O3. The standard InChI is InChI=1S/C32H41ClF3N3O3/c1-21(2)24-6-5-7-25(19-24)31(42,32(34,35)36)30(41)39-16-12-23(13-17-39)18-22-10-14-38(15-11-22)26-8-9-27(28(33)20-26)29(40)37(3)4/h5-9,19-23,42H,10-18H2,1-4H3. The Hall–Kier alpha value is -2.78. The Bertz CT molecular complexity index is 1270. The van der Waals surface area contributed by atoms with Gasteiger partial charge in [0.2, 0.25) is 0 Å². The summed E-state index contributed by atoms with van der Waals surface area (Å²) >= 11 is 6.41. The lowest BCUT2D eigenvalue weighted by Gasteiger charge is -2.40. The number of likely N-dealkylation sites (tertiary alicyclic amines) is 1. The normalized spacial score (nSPS) is 18.7. The summed E-state index contributed by atoms with van der Waals surface area (Å²) in [4.78, 5) is 30.5. The highest BCUT2D eigenvalue weighted by atomic mass is 35.5. The Morgan fingerprint density at radius 2 is 1.57 bits per heavy atom. The summed E-state index contributed by atoms with van der Waals surface area (Å²) in [6, 6.07) is 11.2. The van der Waals surface area contributed by atoms with E-state index in [9.17, 15) is 27.9 Å². The first-order valence-corrected chi connectivity index (χ1v) is 15.0. The van der Waals surface area contributed by atoms with Gasteiger partial charge < -0.3 is 19.8 Å². The summed E-state index contributed by atoms with van der Waals surface area (Å²) < 4.78 is 42.8. The van der Waals surface area contributed by atoms with Gasteiger partial charge in [-0.1, -0.05) is 49.7 Å². The van der Waals surface area contributed by atoms with Gasteiger partial charge in [-0.3, -0.25) is 9.59 Å². The van der Waals surface area contributed by atoms with Crippen LogP contribution in [0.3, 0.4) is 0 Å². The maximum absolute atomic E-state index is 14.3. The molecule has 2 saturated heterocycles. The Labute approximate surface area is 251 Å². The van der Waals surface area contributed by atoms with Gasteiger partial charge in [0.1, 0.15) is 0 Å². The summed E-state index contributed by atoms with van der Waals surface area (Å²) in [6.07, 6.45) is -0.986. The van der Waals surface area contributed by atoms with Crippen LogP contribution in [0.5, 0.6) is 0 Å². The molecule has 0 spiro atoms. The number of halogens is 4. The summed E-state index contributed by atoms with van der Waals surface area (Å²) in [6.45, 7) is 5.80. The average Bonchev–Trinajstić information content (AvgIpc) is 2.96. The van der Waals surface area contributed by atoms with Crippen LogP contribution in [0.4, 0.5) is 18.9 Å². The van der Waals surface area contributed by atoms with Gasteiger partial charge >= 0.3 is 6.18 Å². The highest BCUT2D eigenvalue weighted by molar-refractivity contribution is 6.34. The Kier molecular flexibility index (Phi) is 9.82. The monoisotopic (exact) mass is 607 g/mol. The molecule has 0 saturated carbocycles. The molecule has 6 nitrogen and oxygen atoms in total. The van der Waals surface area contributed by atoms with Gasteiger partial charge in [0.15, 0.2) is 0 Å². The minimum Gasteiger partial charge on any atom is -0.371 e. The number of benzene rings is 2. The second-order valence-corrected chi connectivity index (χ2v) is 12.7. The zero-order valence-electron chi connectivity index (χ0n) is 24.8. The second-order valence-electron chi connectivity index (χ2n) is 12.3. The van der Waals surface area contributed by atoms with E-state index in [1.807, 2.05) is 26.0 Å². The third kappa shape index (κ3) is 6.72. The molecule has 0 aliphatic carbocycles. The fourth-order valence-corrected chi connectivity index (χ4v) is 6.40. The first kappa shape index (κ1) is 32.1. The first-order valence-electron chi connectivity index (χ1n) is 14.7. The van der Waals surface area contributed by atoms with Crippen LogP contribution in [0.2, 0.25) is 5.02 Å². The van der Waals surface area contributed by atoms with Crippen LogP contribution in [-0.4, -0.2) is 73.2 Å². The van der Waals surface area contributed by atoms with Crippen molar-refractivity contribution in [3.63, 3.8) is 0 Å². The van der Waals surface area contributed by atoms with E-state index in [1.54, 1.807) is 26.2 Å². The summed E-state index contributed by atoms with van der Waals surface area (Å²) in [7, 11) is 3.38. The van der Waals surface area contributed by atoms with Gasteiger partial charge in [-0.25, -0.2) is 0 Å². The van der Waals surface area contributed by atoms with Crippen LogP contribution in [0.25, 0.3) is 0 Å². The lowest BCUT2D eigenvalue weighted by atomic mass is 9.82. The molecule has 4 rings (SSSR count). The van der Waals surface area contributed by atoms with Crippen molar-refractivity contribution in [2.75, 3.05) is 45.2 Å². The number of hydrogen-bond donors (Lipinski definition) is 1. The maximum atomic E-state index is 14.3. The summed E-state index contributed by atoms with van der Waals surface area (Å²) in [5, 5.41) is 11.4. The fraction of sp³-hybridized carbons (Fsp3) is 0.562. The summed E-state index contributed by atoms with van der Waals surface area (Å²) in [5.41, 5.74) is -1.91. The fourth-order valence-electron chi connectivity index (χ4n) is 6.15. The first-order chi connectivity index (χ1) is 19.7. The number of piperidine rings is 2. The van der Waals surface area contributed by atoms with Crippen molar-refractivity contribution in [3.05, 3.63) is 64.2 Å². The van der Waals surface area contributed by atoms with Gasteiger partial charge in [0, 0.05) is 51.5 Å². The third-order valence-electron chi connectivity index (χ3n) is 8.83. The number of carbonyl (C=O) groups excluding carboxylic acids is 2. The van der Waals surface area contributed by atoms with Crippen LogP contribution in [0.15, 0.2) is 42.5 Å². The molecule has 2 aromatic carbocycles. The maximum Gasteiger partial charge on any atom is 0.430 e. The van der Waals surface area contributed by atoms with E-state index in [0.29, 0.717) is 40.8 Å². The topological polar surface area (TPSA) is 64.1 Å². The van der Waals surface area contributed by atoms with Crippen LogP contribution >= 0.6 is 11.6 Å². The van der Waals surface area contributed by atoms with Crippen molar-refractivity contribution >= 4 is 29.1 Å². The van der Waals surface area contributed by atoms with Crippen molar-refractivity contribution < 1.29 is 27.9 Å². The number of rotatable bonds is 7. The van der Waals surface area contributed by atoms with Gasteiger partial charge in [-0.2, -0.15) is 13.2 Å². The molecule has 0 radical (unpaired) electrons. The van der Waals surface area contributed by atoms with E-state index < -0.39 is 23.2 Å². The van der Waals surface area contributed by atoms with Gasteiger partial charge in [-0.15, -0.1) is 0 Å². The minimum atomic E-state index is -5.14. The summed E-state index contributed by atoms with van der Waals surface area (Å²) in [5.74, 6) is -0.664. The van der Waals surface area contributed by atoms with E-state index in [0.717, 1.165) is 38.0 Å². The van der Waals surface area contributed by atoms with Crippen LogP contribution < -0.4 is 4.90 Å². The molecule has 0 bridgehead atoms. The van der Waals surface area contributed by atoms with Gasteiger partial charge in [0.25, 0.3) is 17.4 Å². The molecule has 1 N–H and O–H groups in total. The third-order valence-corrected chi connectivity index (χ3v) is 9.14. The van der Waals surface area contributed by atoms with Crippen molar-refractivity contribution in [1.29, 1.82) is 0 Å². The van der Waals surface area contributed by atoms with E-state index in [-0.39, 0.29) is 24.9 Å². The van der Waals surface area contributed by atoms with Gasteiger partial charge in [0.05, 0.1) is 10.6 Å². The molecule has 2 amide bonds. The SMILES string of the molecule is CC(C)c1cccc(C(O)(C(=O)N2CCC(CC3CCN(c4ccc(C(=O)N(C)C)c(Cl)c4)CC3)CC2)C(F)(F)F)c1. The van der Waals surface area contributed by atoms with Crippen molar-refractivity contribution in [2.24, 2.45) is 11.8 Å². The van der Waals surface area contributed by atoms with Crippen LogP contribution in [0.1, 0.15) is 73.4 Å². The lowest BCUT2D eigenvalue weighted by Crippen LogP contribution is -2.57. The van der Waals surface area contributed by atoms with Crippen molar-refractivity contribution in [1.82, 2.24) is 9.80 Å². The number of alkyl halides is 3. The van der Waals surface area contributed by atoms with E-state index in [2.05, 4.69) is 4.90 Å². The van der Waals surface area contributed by atoms with Crippen molar-refractivity contribution in [3.8, 4) is 0 Å². The highest BCUT2D eigenvalue weighted by Crippen LogP contribution is 2.42. The molecule has 2 aliphatic heterocycles. The smallest absolute Gasteiger partial charge is 0.371 e. The van der Waals surface area contributed by atoms with Crippen LogP contribution in [0, 0.1) is 11.8 Å².